The van der Waals surface area contributed by atoms with Crippen LogP contribution in [0.1, 0.15) is 41.5 Å². The summed E-state index contributed by atoms with van der Waals surface area (Å²) in [7, 11) is -8.80. The second kappa shape index (κ2) is 20.0. The van der Waals surface area contributed by atoms with Crippen molar-refractivity contribution in [1.29, 1.82) is 0 Å². The van der Waals surface area contributed by atoms with Crippen molar-refractivity contribution in [2.45, 2.75) is 59.9 Å². The Labute approximate surface area is 144 Å². The normalized spacial score (nSPS) is 14.2. The maximum atomic E-state index is 9.66. The molecule has 0 amide bonds. The van der Waals surface area contributed by atoms with Crippen LogP contribution in [0, 0.1) is 0 Å². The van der Waals surface area contributed by atoms with Crippen LogP contribution in [0.4, 0.5) is 0 Å². The minimum atomic E-state index is -2.93. The Morgan fingerprint density at radius 2 is 0.727 bits per heavy atom. The summed E-state index contributed by atoms with van der Waals surface area (Å²) in [6.07, 6.45) is -0.614. The molecule has 0 rings (SSSR count). The predicted octanol–water partition coefficient (Wildman–Crippen LogP) is 0.103. The minimum absolute atomic E-state index is 0. The van der Waals surface area contributed by atoms with Gasteiger partial charge in [0, 0.05) is 0 Å². The molecule has 0 aromatic heterocycles. The Bertz CT molecular complexity index is 265. The Morgan fingerprint density at radius 3 is 0.727 bits per heavy atom. The molecule has 22 heavy (non-hydrogen) atoms. The first-order valence-electron chi connectivity index (χ1n) is 6.01. The van der Waals surface area contributed by atoms with Crippen LogP contribution in [0.25, 0.3) is 0 Å². The molecule has 0 bridgehead atoms. The van der Waals surface area contributed by atoms with Crippen molar-refractivity contribution in [2.24, 2.45) is 0 Å². The molecule has 0 saturated heterocycles. The zero-order chi connectivity index (χ0) is 17.6. The van der Waals surface area contributed by atoms with E-state index in [9.17, 15) is 28.4 Å². The van der Waals surface area contributed by atoms with E-state index < -0.39 is 24.8 Å². The fourth-order valence-corrected chi connectivity index (χ4v) is 1.73. The monoisotopic (exact) mass is 396 g/mol. The first kappa shape index (κ1) is 30.8. The summed E-state index contributed by atoms with van der Waals surface area (Å²) in [4.78, 5) is 29.0. The van der Waals surface area contributed by atoms with Crippen LogP contribution >= 0.6 is 24.8 Å². The topological polar surface area (TPSA) is 148 Å². The molecule has 0 N–H and O–H groups in total. The van der Waals surface area contributed by atoms with Gasteiger partial charge < -0.3 is 41.9 Å². The van der Waals surface area contributed by atoms with Gasteiger partial charge in [-0.15, -0.1) is 0 Å². The van der Waals surface area contributed by atoms with Gasteiger partial charge in [-0.3, -0.25) is 0 Å². The summed E-state index contributed by atoms with van der Waals surface area (Å²) in [6, 6.07) is 0. The van der Waals surface area contributed by atoms with Gasteiger partial charge in [0.25, 0.3) is 0 Å². The molecule has 0 aromatic rings. The Kier molecular flexibility index (Phi) is 28.1. The van der Waals surface area contributed by atoms with Gasteiger partial charge in [0.05, 0.1) is 18.3 Å². The van der Waals surface area contributed by atoms with Crippen molar-refractivity contribution in [3.63, 3.8) is 0 Å². The standard InChI is InChI=1S/3C3H9O3P.Al/c3*1-3(2)6-7(4)5;/h3*3,7H,1-2H3,(H,4,5);/q;;;+3/p-3. The average molecular weight is 396 g/mol. The van der Waals surface area contributed by atoms with E-state index in [2.05, 4.69) is 13.6 Å². The Morgan fingerprint density at radius 1 is 0.591 bits per heavy atom. The van der Waals surface area contributed by atoms with Gasteiger partial charge in [0.2, 0.25) is 0 Å². The van der Waals surface area contributed by atoms with Crippen molar-refractivity contribution in [3.8, 4) is 0 Å². The SMILES string of the molecule is CC(C)O[PH](=O)[O-].CC(C)O[PH](=O)[O-].CC(C)O[PH](=O)[O-].[Al+3]. The van der Waals surface area contributed by atoms with E-state index in [1.165, 1.54) is 0 Å². The second-order valence-corrected chi connectivity index (χ2v) is 6.46. The molecule has 9 nitrogen and oxygen atoms in total. The minimum Gasteiger partial charge on any atom is -0.781 e. The molecule has 13 heteroatoms. The van der Waals surface area contributed by atoms with E-state index in [0.717, 1.165) is 0 Å². The summed E-state index contributed by atoms with van der Waals surface area (Å²) >= 11 is 0. The summed E-state index contributed by atoms with van der Waals surface area (Å²) in [6.45, 7) is 10.0. The maximum absolute atomic E-state index is 9.66. The number of rotatable bonds is 6. The van der Waals surface area contributed by atoms with E-state index in [0.29, 0.717) is 0 Å². The van der Waals surface area contributed by atoms with Crippen molar-refractivity contribution in [1.82, 2.24) is 0 Å². The molecule has 0 heterocycles. The molecule has 0 aliphatic heterocycles. The zero-order valence-electron chi connectivity index (χ0n) is 13.5. The first-order valence-corrected chi connectivity index (χ1v) is 9.68. The van der Waals surface area contributed by atoms with E-state index in [-0.39, 0.29) is 35.7 Å². The molecular weight excluding hydrogens is 372 g/mol. The third-order valence-electron chi connectivity index (χ3n) is 0.996. The molecule has 0 fully saturated rings. The van der Waals surface area contributed by atoms with Crippen molar-refractivity contribution >= 4 is 42.1 Å². The molecule has 0 aliphatic carbocycles. The molecule has 0 aromatic carbocycles. The number of hydrogen-bond donors (Lipinski definition) is 0. The van der Waals surface area contributed by atoms with Gasteiger partial charge in [-0.2, -0.15) is 0 Å². The van der Waals surface area contributed by atoms with Gasteiger partial charge in [-0.05, 0) is 41.5 Å². The van der Waals surface area contributed by atoms with Crippen LogP contribution < -0.4 is 14.7 Å². The Balaban J connectivity index is -0.000000108. The second-order valence-electron chi connectivity index (χ2n) is 4.25. The van der Waals surface area contributed by atoms with Crippen LogP contribution in [-0.2, 0) is 27.3 Å². The smallest absolute Gasteiger partial charge is 0.781 e. The summed E-state index contributed by atoms with van der Waals surface area (Å²) in [5.41, 5.74) is 0. The summed E-state index contributed by atoms with van der Waals surface area (Å²) in [5, 5.41) is 0. The van der Waals surface area contributed by atoms with Gasteiger partial charge in [-0.1, -0.05) is 0 Å². The molecule has 0 saturated carbocycles. The summed E-state index contributed by atoms with van der Waals surface area (Å²) < 4.78 is 41.7. The van der Waals surface area contributed by atoms with Crippen molar-refractivity contribution < 1.29 is 41.9 Å². The van der Waals surface area contributed by atoms with E-state index >= 15 is 0 Å². The predicted molar refractivity (Wildman–Crippen MR) is 81.4 cm³/mol. The molecule has 3 atom stereocenters. The van der Waals surface area contributed by atoms with Gasteiger partial charge in [-0.25, -0.2) is 0 Å². The molecule has 132 valence electrons. The number of hydrogen-bond acceptors (Lipinski definition) is 9. The zero-order valence-corrected chi connectivity index (χ0v) is 17.6. The fourth-order valence-electron chi connectivity index (χ4n) is 0.577. The third kappa shape index (κ3) is 49.7. The van der Waals surface area contributed by atoms with Gasteiger partial charge in [0.1, 0.15) is 24.8 Å². The molecule has 0 aliphatic rings. The molecular formula is C9H24AlO9P3. The molecule has 0 radical (unpaired) electrons. The quantitative estimate of drug-likeness (QED) is 0.450. The Hall–Kier alpha value is 0.982. The van der Waals surface area contributed by atoms with Crippen molar-refractivity contribution in [2.75, 3.05) is 0 Å². The van der Waals surface area contributed by atoms with Gasteiger partial charge in [0.15, 0.2) is 0 Å². The van der Waals surface area contributed by atoms with Crippen LogP contribution in [-0.4, -0.2) is 35.7 Å². The third-order valence-corrected chi connectivity index (χ3v) is 2.99. The van der Waals surface area contributed by atoms with Crippen LogP contribution in [0.5, 0.6) is 0 Å². The molecule has 0 spiro atoms. The van der Waals surface area contributed by atoms with E-state index in [4.69, 9.17) is 0 Å². The van der Waals surface area contributed by atoms with E-state index in [1.807, 2.05) is 0 Å². The van der Waals surface area contributed by atoms with E-state index in [1.54, 1.807) is 41.5 Å². The van der Waals surface area contributed by atoms with Crippen LogP contribution in [0.3, 0.4) is 0 Å². The molecule has 3 unspecified atom stereocenters. The van der Waals surface area contributed by atoms with Gasteiger partial charge >= 0.3 is 17.4 Å². The fraction of sp³-hybridized carbons (Fsp3) is 1.00. The largest absolute Gasteiger partial charge is 3.00 e. The van der Waals surface area contributed by atoms with Crippen LogP contribution in [0.15, 0.2) is 0 Å². The maximum Gasteiger partial charge on any atom is 3.00 e. The average Bonchev–Trinajstić information content (AvgIpc) is 2.10. The first-order chi connectivity index (χ1) is 9.38. The summed E-state index contributed by atoms with van der Waals surface area (Å²) in [5.74, 6) is 0. The van der Waals surface area contributed by atoms with Crippen LogP contribution in [0.2, 0.25) is 0 Å². The van der Waals surface area contributed by atoms with Crippen molar-refractivity contribution in [3.05, 3.63) is 0 Å².